The lowest BCUT2D eigenvalue weighted by Crippen LogP contribution is -2.16. The number of para-hydroxylation sites is 1. The van der Waals surface area contributed by atoms with E-state index in [4.69, 9.17) is 4.74 Å². The monoisotopic (exact) mass is 530 g/mol. The summed E-state index contributed by atoms with van der Waals surface area (Å²) in [5, 5.41) is 4.44. The van der Waals surface area contributed by atoms with Crippen LogP contribution >= 0.6 is 0 Å². The van der Waals surface area contributed by atoms with Crippen molar-refractivity contribution in [1.29, 1.82) is 0 Å². The number of alkyl halides is 3. The van der Waals surface area contributed by atoms with E-state index in [1.807, 2.05) is 0 Å². The largest absolute Gasteiger partial charge is 0.489 e. The van der Waals surface area contributed by atoms with E-state index in [-0.39, 0.29) is 57.7 Å². The maximum atomic E-state index is 14.4. The van der Waals surface area contributed by atoms with Crippen molar-refractivity contribution in [1.82, 2.24) is 19.3 Å². The van der Waals surface area contributed by atoms with Gasteiger partial charge in [-0.25, -0.2) is 18.2 Å². The molecule has 0 saturated carbocycles. The van der Waals surface area contributed by atoms with E-state index in [0.717, 1.165) is 6.07 Å². The molecule has 3 heterocycles. The Kier molecular flexibility index (Phi) is 5.10. The number of carbonyl (C=O) groups is 1. The van der Waals surface area contributed by atoms with Gasteiger partial charge in [0, 0.05) is 29.1 Å². The van der Waals surface area contributed by atoms with Crippen LogP contribution in [0.2, 0.25) is 0 Å². The van der Waals surface area contributed by atoms with E-state index < -0.39 is 40.5 Å². The van der Waals surface area contributed by atoms with Crippen molar-refractivity contribution in [2.45, 2.75) is 19.6 Å². The molecule has 0 spiro atoms. The van der Waals surface area contributed by atoms with E-state index >= 15 is 0 Å². The second-order valence-corrected chi connectivity index (χ2v) is 8.92. The highest BCUT2D eigenvalue weighted by atomic mass is 19.4. The summed E-state index contributed by atoms with van der Waals surface area (Å²) in [6, 6.07) is 6.49. The molecule has 194 valence electrons. The molecule has 1 aliphatic rings. The normalized spacial score (nSPS) is 13.4. The molecular formula is C26H16F6N4O2. The van der Waals surface area contributed by atoms with Crippen LogP contribution in [0.4, 0.5) is 26.3 Å². The molecule has 0 aliphatic carbocycles. The number of fused-ring (bicyclic) bond motifs is 4. The Morgan fingerprint density at radius 2 is 1.79 bits per heavy atom. The van der Waals surface area contributed by atoms with Gasteiger partial charge in [-0.2, -0.15) is 18.3 Å². The van der Waals surface area contributed by atoms with Crippen molar-refractivity contribution in [2.75, 3.05) is 6.61 Å². The van der Waals surface area contributed by atoms with Crippen molar-refractivity contribution >= 4 is 27.7 Å². The predicted octanol–water partition coefficient (Wildman–Crippen LogP) is 5.96. The Morgan fingerprint density at radius 3 is 2.47 bits per heavy atom. The first-order valence-electron chi connectivity index (χ1n) is 11.4. The lowest BCUT2D eigenvalue weighted by atomic mass is 9.94. The number of carbonyl (C=O) groups excluding carboxylic acids is 1. The van der Waals surface area contributed by atoms with E-state index in [0.29, 0.717) is 18.0 Å². The molecule has 12 heteroatoms. The summed E-state index contributed by atoms with van der Waals surface area (Å²) in [6.07, 6.45) is -4.77. The summed E-state index contributed by atoms with van der Waals surface area (Å²) in [7, 11) is 1.61. The fraction of sp³-hybridized carbons (Fsp3) is 0.192. The minimum absolute atomic E-state index is 0.0472. The summed E-state index contributed by atoms with van der Waals surface area (Å²) >= 11 is 0. The first kappa shape index (κ1) is 24.0. The van der Waals surface area contributed by atoms with Gasteiger partial charge in [-0.1, -0.05) is 18.2 Å². The van der Waals surface area contributed by atoms with E-state index in [9.17, 15) is 31.1 Å². The van der Waals surface area contributed by atoms with Crippen molar-refractivity contribution in [3.05, 3.63) is 76.5 Å². The van der Waals surface area contributed by atoms with Gasteiger partial charge in [-0.3, -0.25) is 9.48 Å². The second kappa shape index (κ2) is 8.07. The van der Waals surface area contributed by atoms with Gasteiger partial charge in [-0.05, 0) is 25.1 Å². The SMILES string of the molecule is Cc1nc2c3c(c(C(F)(F)F)cc2n1C)-c1cccc2c(C(=O)c4cc(F)c(F)c(F)c4)nn(c12)CCO3. The van der Waals surface area contributed by atoms with Gasteiger partial charge in [0.05, 0.1) is 23.1 Å². The molecular weight excluding hydrogens is 514 g/mol. The smallest absolute Gasteiger partial charge is 0.417 e. The van der Waals surface area contributed by atoms with E-state index in [2.05, 4.69) is 10.1 Å². The average Bonchev–Trinajstić information content (AvgIpc) is 3.36. The van der Waals surface area contributed by atoms with Crippen molar-refractivity contribution in [3.63, 3.8) is 0 Å². The molecule has 6 rings (SSSR count). The fourth-order valence-corrected chi connectivity index (χ4v) is 4.87. The van der Waals surface area contributed by atoms with Gasteiger partial charge in [0.15, 0.2) is 23.2 Å². The number of halogens is 6. The van der Waals surface area contributed by atoms with Crippen LogP contribution in [-0.2, 0) is 19.8 Å². The zero-order valence-corrected chi connectivity index (χ0v) is 19.8. The molecule has 3 aromatic carbocycles. The lowest BCUT2D eigenvalue weighted by molar-refractivity contribution is -0.137. The van der Waals surface area contributed by atoms with Gasteiger partial charge in [-0.15, -0.1) is 0 Å². The molecule has 0 amide bonds. The molecule has 38 heavy (non-hydrogen) atoms. The Morgan fingerprint density at radius 1 is 1.08 bits per heavy atom. The van der Waals surface area contributed by atoms with Crippen LogP contribution in [0, 0.1) is 24.4 Å². The zero-order chi connectivity index (χ0) is 27.1. The summed E-state index contributed by atoms with van der Waals surface area (Å²) in [5.74, 6) is -5.31. The summed E-state index contributed by atoms with van der Waals surface area (Å²) in [6.45, 7) is 1.62. The number of aryl methyl sites for hydroxylation is 2. The Labute approximate surface area is 210 Å². The van der Waals surface area contributed by atoms with Crippen LogP contribution in [0.15, 0.2) is 36.4 Å². The highest BCUT2D eigenvalue weighted by molar-refractivity contribution is 6.17. The maximum absolute atomic E-state index is 14.4. The molecule has 0 N–H and O–H groups in total. The first-order chi connectivity index (χ1) is 18.0. The average molecular weight is 530 g/mol. The van der Waals surface area contributed by atoms with Crippen molar-refractivity contribution in [3.8, 4) is 16.9 Å². The molecule has 5 aromatic rings. The van der Waals surface area contributed by atoms with Gasteiger partial charge in [0.2, 0.25) is 5.78 Å². The van der Waals surface area contributed by atoms with Crippen LogP contribution in [0.1, 0.15) is 27.4 Å². The number of hydrogen-bond donors (Lipinski definition) is 0. The zero-order valence-electron chi connectivity index (χ0n) is 19.8. The fourth-order valence-electron chi connectivity index (χ4n) is 4.87. The van der Waals surface area contributed by atoms with Crippen LogP contribution in [0.25, 0.3) is 33.1 Å². The van der Waals surface area contributed by atoms with Crippen LogP contribution in [0.3, 0.4) is 0 Å². The number of imidazole rings is 1. The van der Waals surface area contributed by atoms with E-state index in [1.54, 1.807) is 14.0 Å². The topological polar surface area (TPSA) is 61.9 Å². The van der Waals surface area contributed by atoms with Crippen LogP contribution in [-0.4, -0.2) is 31.7 Å². The van der Waals surface area contributed by atoms with Crippen LogP contribution < -0.4 is 4.74 Å². The Balaban J connectivity index is 1.67. The Bertz CT molecular complexity index is 1800. The third kappa shape index (κ3) is 3.39. The van der Waals surface area contributed by atoms with Gasteiger partial charge in [0.1, 0.15) is 23.6 Å². The maximum Gasteiger partial charge on any atom is 0.417 e. The van der Waals surface area contributed by atoms with Gasteiger partial charge < -0.3 is 9.30 Å². The molecule has 0 fully saturated rings. The molecule has 0 saturated heterocycles. The quantitative estimate of drug-likeness (QED) is 0.161. The van der Waals surface area contributed by atoms with Crippen molar-refractivity contribution < 1.29 is 35.9 Å². The third-order valence-electron chi connectivity index (χ3n) is 6.71. The molecule has 2 aromatic heterocycles. The molecule has 0 atom stereocenters. The number of rotatable bonds is 2. The Hall–Kier alpha value is -4.35. The number of ketones is 1. The van der Waals surface area contributed by atoms with Crippen molar-refractivity contribution in [2.24, 2.45) is 7.05 Å². The number of aromatic nitrogens is 4. The highest BCUT2D eigenvalue weighted by Gasteiger charge is 2.39. The molecule has 0 radical (unpaired) electrons. The lowest BCUT2D eigenvalue weighted by Gasteiger charge is -2.22. The number of ether oxygens (including phenoxy) is 1. The second-order valence-electron chi connectivity index (χ2n) is 8.92. The molecule has 1 aliphatic heterocycles. The van der Waals surface area contributed by atoms with Gasteiger partial charge >= 0.3 is 6.18 Å². The highest BCUT2D eigenvalue weighted by Crippen LogP contribution is 2.48. The van der Waals surface area contributed by atoms with Gasteiger partial charge in [0.25, 0.3) is 0 Å². The molecule has 0 bridgehead atoms. The standard InChI is InChI=1S/C26H16F6N4O2/c1-11-33-22-18(35(11)2)10-15(26(30,31)32)19-13-4-3-5-14-21(34-36(23(13)14)6-7-38-25(19)22)24(37)12-8-16(27)20(29)17(28)9-12/h3-5,8-10H,6-7H2,1-2H3. The summed E-state index contributed by atoms with van der Waals surface area (Å²) in [4.78, 5) is 17.7. The first-order valence-corrected chi connectivity index (χ1v) is 11.4. The van der Waals surface area contributed by atoms with E-state index in [1.165, 1.54) is 27.4 Å². The van der Waals surface area contributed by atoms with Crippen LogP contribution in [0.5, 0.6) is 5.75 Å². The molecule has 6 nitrogen and oxygen atoms in total. The minimum atomic E-state index is -4.77. The number of benzene rings is 3. The summed E-state index contributed by atoms with van der Waals surface area (Å²) in [5.41, 5.74) is -1.16. The minimum Gasteiger partial charge on any atom is -0.489 e. The summed E-state index contributed by atoms with van der Waals surface area (Å²) < 4.78 is 93.2. The third-order valence-corrected chi connectivity index (χ3v) is 6.71. The number of nitrogens with zero attached hydrogens (tertiary/aromatic N) is 4. The number of hydrogen-bond acceptors (Lipinski definition) is 4. The predicted molar refractivity (Wildman–Crippen MR) is 124 cm³/mol. The molecule has 0 unspecified atom stereocenters.